The number of aromatic nitrogens is 2. The van der Waals surface area contributed by atoms with Crippen LogP contribution in [0.15, 0.2) is 190 Å². The number of nitrogens with zero attached hydrogens (tertiary/aromatic N) is 4. The molecule has 0 atom stereocenters. The third kappa shape index (κ3) is 4.43. The molecule has 0 saturated carbocycles. The van der Waals surface area contributed by atoms with Crippen molar-refractivity contribution in [3.63, 3.8) is 0 Å². The second kappa shape index (κ2) is 12.0. The first-order valence-corrected chi connectivity index (χ1v) is 19.8. The van der Waals surface area contributed by atoms with Crippen LogP contribution >= 0.6 is 11.8 Å². The Kier molecular flexibility index (Phi) is 6.74. The minimum Gasteiger partial charge on any atom is -0.320 e. The van der Waals surface area contributed by atoms with Crippen LogP contribution < -0.4 is 0 Å². The average molecular weight is 733 g/mol. The van der Waals surface area contributed by atoms with E-state index in [0.29, 0.717) is 6.67 Å². The molecule has 0 N–H and O–H groups in total. The highest BCUT2D eigenvalue weighted by molar-refractivity contribution is 8.05. The lowest BCUT2D eigenvalue weighted by Gasteiger charge is -2.11. The fourth-order valence-corrected chi connectivity index (χ4v) is 10.4. The van der Waals surface area contributed by atoms with Crippen LogP contribution in [0.25, 0.3) is 87.5 Å². The van der Waals surface area contributed by atoms with E-state index in [4.69, 9.17) is 4.99 Å². The van der Waals surface area contributed by atoms with Crippen LogP contribution in [0.3, 0.4) is 0 Å². The lowest BCUT2D eigenvalue weighted by Crippen LogP contribution is -2.04. The second-order valence-electron chi connectivity index (χ2n) is 14.6. The van der Waals surface area contributed by atoms with Gasteiger partial charge in [-0.05, 0) is 59.6 Å². The topological polar surface area (TPSA) is 34.1 Å². The Bertz CT molecular complexity index is 3490. The molecule has 12 rings (SSSR count). The van der Waals surface area contributed by atoms with Gasteiger partial charge >= 0.3 is 0 Å². The number of allylic oxidation sites excluding steroid dienone is 1. The van der Waals surface area contributed by atoms with Crippen molar-refractivity contribution < 1.29 is 0 Å². The van der Waals surface area contributed by atoms with Gasteiger partial charge in [0.15, 0.2) is 0 Å². The van der Waals surface area contributed by atoms with Crippen LogP contribution in [-0.4, -0.2) is 21.4 Å². The molecule has 5 heteroatoms. The predicted octanol–water partition coefficient (Wildman–Crippen LogP) is 13.4. The summed E-state index contributed by atoms with van der Waals surface area (Å²) in [5, 5.41) is 10.1. The minimum atomic E-state index is 0.448. The Labute approximate surface area is 326 Å². The third-order valence-corrected chi connectivity index (χ3v) is 12.8. The van der Waals surface area contributed by atoms with E-state index in [1.165, 1.54) is 75.6 Å². The number of thioether (sulfide) groups is 1. The van der Waals surface area contributed by atoms with E-state index in [9.17, 15) is 0 Å². The number of para-hydroxylation sites is 3. The molecule has 0 bridgehead atoms. The number of benzene rings is 8. The normalized spacial score (nSPS) is 14.8. The molecule has 0 unspecified atom stereocenters. The van der Waals surface area contributed by atoms with Gasteiger partial charge in [0.2, 0.25) is 0 Å². The zero-order valence-corrected chi connectivity index (χ0v) is 31.1. The molecule has 262 valence electrons. The molecule has 4 nitrogen and oxygen atoms in total. The Balaban J connectivity index is 1.09. The van der Waals surface area contributed by atoms with Gasteiger partial charge in [-0.15, -0.1) is 0 Å². The zero-order chi connectivity index (χ0) is 36.9. The maximum Gasteiger partial charge on any atom is 0.115 e. The standard InChI is InChI=1S/C51H32N4S/c1-52-47(34-16-11-15-32(27-34)31-13-3-2-4-14-31)51-48(40-19-7-10-24-46(40)56-51)53-30-54-43-22-8-5-18-36(43)42-28-33-25-26-39-38-21-12-20-37-35-17-6-9-23-44(35)55(49(37)38)50(39)41(33)29-45(42)54/h2-29H,1,30H2/b51-47+,53-48-. The average Bonchev–Trinajstić information content (AvgIpc) is 3.99. The zero-order valence-electron chi connectivity index (χ0n) is 30.3. The van der Waals surface area contributed by atoms with Crippen molar-refractivity contribution in [2.75, 3.05) is 0 Å². The van der Waals surface area contributed by atoms with E-state index >= 15 is 0 Å². The number of aliphatic imine (C=N–C) groups is 2. The monoisotopic (exact) mass is 732 g/mol. The first-order valence-electron chi connectivity index (χ1n) is 18.9. The molecule has 4 heterocycles. The van der Waals surface area contributed by atoms with Crippen LogP contribution in [0.4, 0.5) is 0 Å². The number of rotatable bonds is 5. The fourth-order valence-electron chi connectivity index (χ4n) is 9.19. The van der Waals surface area contributed by atoms with Gasteiger partial charge in [0.25, 0.3) is 0 Å². The molecule has 0 amide bonds. The summed E-state index contributed by atoms with van der Waals surface area (Å²) in [6, 6.07) is 61.3. The molecule has 0 radical (unpaired) electrons. The SMILES string of the molecule is C=N/C(=C1/Sc2ccccc2/C1=N/Cn1c2ccccc2c2cc3ccc4c5cccc6c7ccccc7n(c4c3cc21)c65)c1cccc(-c2ccccc2)c1. The van der Waals surface area contributed by atoms with Crippen molar-refractivity contribution in [2.45, 2.75) is 11.6 Å². The van der Waals surface area contributed by atoms with Gasteiger partial charge in [0, 0.05) is 53.7 Å². The van der Waals surface area contributed by atoms with Gasteiger partial charge < -0.3 is 8.97 Å². The van der Waals surface area contributed by atoms with Crippen molar-refractivity contribution in [1.29, 1.82) is 0 Å². The highest BCUT2D eigenvalue weighted by Crippen LogP contribution is 2.46. The molecule has 3 aromatic heterocycles. The maximum atomic E-state index is 5.52. The highest BCUT2D eigenvalue weighted by atomic mass is 32.2. The van der Waals surface area contributed by atoms with Crippen molar-refractivity contribution >= 4 is 101 Å². The number of hydrogen-bond acceptors (Lipinski definition) is 3. The molecule has 0 fully saturated rings. The van der Waals surface area contributed by atoms with Gasteiger partial charge in [-0.25, -0.2) is 0 Å². The molecule has 1 aliphatic heterocycles. The van der Waals surface area contributed by atoms with Crippen LogP contribution in [0.5, 0.6) is 0 Å². The van der Waals surface area contributed by atoms with Gasteiger partial charge in [-0.3, -0.25) is 9.98 Å². The van der Waals surface area contributed by atoms with Crippen LogP contribution in [0, 0.1) is 0 Å². The maximum absolute atomic E-state index is 5.52. The molecule has 56 heavy (non-hydrogen) atoms. The Morgan fingerprint density at radius 2 is 1.18 bits per heavy atom. The summed E-state index contributed by atoms with van der Waals surface area (Å²) in [7, 11) is 0. The quantitative estimate of drug-likeness (QED) is 0.162. The molecular formula is C51H32N4S. The molecule has 1 aliphatic rings. The van der Waals surface area contributed by atoms with Crippen LogP contribution in [0.2, 0.25) is 0 Å². The molecular weight excluding hydrogens is 701 g/mol. The summed E-state index contributed by atoms with van der Waals surface area (Å²) in [5.41, 5.74) is 12.4. The second-order valence-corrected chi connectivity index (χ2v) is 15.6. The van der Waals surface area contributed by atoms with E-state index < -0.39 is 0 Å². The van der Waals surface area contributed by atoms with E-state index in [2.05, 4.69) is 184 Å². The molecule has 8 aromatic carbocycles. The minimum absolute atomic E-state index is 0.448. The van der Waals surface area contributed by atoms with Gasteiger partial charge in [0.05, 0.1) is 43.9 Å². The van der Waals surface area contributed by atoms with Gasteiger partial charge in [-0.2, -0.15) is 0 Å². The first-order chi connectivity index (χ1) is 27.7. The summed E-state index contributed by atoms with van der Waals surface area (Å²) in [6.07, 6.45) is 0. The summed E-state index contributed by atoms with van der Waals surface area (Å²) in [6.45, 7) is 4.54. The Morgan fingerprint density at radius 1 is 0.518 bits per heavy atom. The van der Waals surface area contributed by atoms with Crippen molar-refractivity contribution in [2.24, 2.45) is 9.98 Å². The van der Waals surface area contributed by atoms with Crippen LogP contribution in [-0.2, 0) is 6.67 Å². The van der Waals surface area contributed by atoms with E-state index in [0.717, 1.165) is 38.5 Å². The summed E-state index contributed by atoms with van der Waals surface area (Å²) in [4.78, 5) is 12.4. The predicted molar refractivity (Wildman–Crippen MR) is 239 cm³/mol. The Morgan fingerprint density at radius 3 is 2.04 bits per heavy atom. The van der Waals surface area contributed by atoms with Crippen LogP contribution in [0.1, 0.15) is 11.1 Å². The third-order valence-electron chi connectivity index (χ3n) is 11.6. The van der Waals surface area contributed by atoms with Crippen molar-refractivity contribution in [3.05, 3.63) is 186 Å². The van der Waals surface area contributed by atoms with Gasteiger partial charge in [-0.1, -0.05) is 145 Å². The fraction of sp³-hybridized carbons (Fsp3) is 0.0196. The Hall–Kier alpha value is -6.95. The lowest BCUT2D eigenvalue weighted by atomic mass is 10.0. The van der Waals surface area contributed by atoms with Crippen molar-refractivity contribution in [1.82, 2.24) is 8.97 Å². The van der Waals surface area contributed by atoms with E-state index in [-0.39, 0.29) is 0 Å². The van der Waals surface area contributed by atoms with Gasteiger partial charge in [0.1, 0.15) is 6.67 Å². The molecule has 0 aliphatic carbocycles. The number of fused-ring (bicyclic) bond motifs is 12. The smallest absolute Gasteiger partial charge is 0.115 e. The molecule has 0 saturated heterocycles. The molecule has 11 aromatic rings. The lowest BCUT2D eigenvalue weighted by molar-refractivity contribution is 0.793. The largest absolute Gasteiger partial charge is 0.320 e. The summed E-state index contributed by atoms with van der Waals surface area (Å²) < 4.78 is 4.89. The summed E-state index contributed by atoms with van der Waals surface area (Å²) in [5.74, 6) is 0. The van der Waals surface area contributed by atoms with Crippen molar-refractivity contribution in [3.8, 4) is 11.1 Å². The molecule has 0 spiro atoms. The van der Waals surface area contributed by atoms with E-state index in [1.807, 2.05) is 6.07 Å². The summed E-state index contributed by atoms with van der Waals surface area (Å²) >= 11 is 1.73. The highest BCUT2D eigenvalue weighted by Gasteiger charge is 2.28. The number of hydrogen-bond donors (Lipinski definition) is 0. The van der Waals surface area contributed by atoms with E-state index in [1.54, 1.807) is 11.8 Å². The first kappa shape index (κ1) is 31.4.